The summed E-state index contributed by atoms with van der Waals surface area (Å²) in [6.45, 7) is 2.54. The van der Waals surface area contributed by atoms with Gasteiger partial charge in [0.15, 0.2) is 0 Å². The van der Waals surface area contributed by atoms with Crippen molar-refractivity contribution in [2.75, 3.05) is 19.6 Å². The number of rotatable bonds is 2. The van der Waals surface area contributed by atoms with Crippen LogP contribution in [-0.4, -0.2) is 26.0 Å². The number of ether oxygens (including phenoxy) is 1. The molecule has 0 unspecified atom stereocenters. The molecule has 0 bridgehead atoms. The van der Waals surface area contributed by atoms with E-state index in [1.165, 1.54) is 12.1 Å². The number of hydrogen-bond donors (Lipinski definition) is 2. The van der Waals surface area contributed by atoms with Crippen LogP contribution in [-0.2, 0) is 0 Å². The van der Waals surface area contributed by atoms with Crippen molar-refractivity contribution in [2.45, 2.75) is 12.4 Å². The highest BCUT2D eigenvalue weighted by atomic mass is 19.4. The zero-order valence-electron chi connectivity index (χ0n) is 9.05. The van der Waals surface area contributed by atoms with Crippen molar-refractivity contribution in [1.82, 2.24) is 10.6 Å². The van der Waals surface area contributed by atoms with Gasteiger partial charge in [0.1, 0.15) is 5.75 Å². The maximum atomic E-state index is 12.0. The fourth-order valence-corrected chi connectivity index (χ4v) is 1.79. The van der Waals surface area contributed by atoms with Gasteiger partial charge in [0.2, 0.25) is 0 Å². The molecule has 17 heavy (non-hydrogen) atoms. The number of halogens is 3. The van der Waals surface area contributed by atoms with Gasteiger partial charge in [0.05, 0.1) is 0 Å². The first kappa shape index (κ1) is 12.2. The lowest BCUT2D eigenvalue weighted by molar-refractivity contribution is -0.274. The highest BCUT2D eigenvalue weighted by Gasteiger charge is 2.31. The number of nitrogens with one attached hydrogen (secondary N) is 2. The first-order chi connectivity index (χ1) is 8.04. The topological polar surface area (TPSA) is 33.3 Å². The Kier molecular flexibility index (Phi) is 3.54. The Bertz CT molecular complexity index is 358. The summed E-state index contributed by atoms with van der Waals surface area (Å²) in [6.07, 6.45) is -4.63. The van der Waals surface area contributed by atoms with Crippen molar-refractivity contribution in [3.05, 3.63) is 29.8 Å². The molecule has 0 aliphatic carbocycles. The van der Waals surface area contributed by atoms with E-state index in [4.69, 9.17) is 0 Å². The Morgan fingerprint density at radius 1 is 1.12 bits per heavy atom. The van der Waals surface area contributed by atoms with Crippen molar-refractivity contribution in [1.29, 1.82) is 0 Å². The molecule has 0 radical (unpaired) electrons. The maximum Gasteiger partial charge on any atom is 0.573 e. The van der Waals surface area contributed by atoms with Gasteiger partial charge in [0, 0.05) is 25.7 Å². The van der Waals surface area contributed by atoms with Crippen molar-refractivity contribution in [3.63, 3.8) is 0 Å². The number of alkyl halides is 3. The molecule has 6 heteroatoms. The van der Waals surface area contributed by atoms with Crippen LogP contribution in [0.25, 0.3) is 0 Å². The molecule has 1 aliphatic heterocycles. The van der Waals surface area contributed by atoms with Crippen LogP contribution in [0, 0.1) is 0 Å². The lowest BCUT2D eigenvalue weighted by Crippen LogP contribution is -2.42. The monoisotopic (exact) mass is 246 g/mol. The highest BCUT2D eigenvalue weighted by molar-refractivity contribution is 5.29. The van der Waals surface area contributed by atoms with Gasteiger partial charge in [-0.2, -0.15) is 0 Å². The Balaban J connectivity index is 2.02. The van der Waals surface area contributed by atoms with Gasteiger partial charge in [-0.3, -0.25) is 0 Å². The minimum atomic E-state index is -4.63. The van der Waals surface area contributed by atoms with Crippen LogP contribution in [0.1, 0.15) is 11.6 Å². The summed E-state index contributed by atoms with van der Waals surface area (Å²) in [5, 5.41) is 6.49. The molecule has 0 spiro atoms. The Morgan fingerprint density at radius 2 is 1.82 bits per heavy atom. The summed E-state index contributed by atoms with van der Waals surface area (Å²) in [5.74, 6) is -0.190. The Hall–Kier alpha value is -1.27. The third-order valence-electron chi connectivity index (χ3n) is 2.56. The molecule has 1 aliphatic rings. The van der Waals surface area contributed by atoms with Crippen LogP contribution in [0.2, 0.25) is 0 Å². The minimum absolute atomic E-state index is 0.142. The zero-order valence-corrected chi connectivity index (χ0v) is 9.05. The second kappa shape index (κ2) is 4.93. The summed E-state index contributed by atoms with van der Waals surface area (Å²) in [6, 6.07) is 6.10. The van der Waals surface area contributed by atoms with Crippen LogP contribution < -0.4 is 15.4 Å². The first-order valence-electron chi connectivity index (χ1n) is 5.34. The van der Waals surface area contributed by atoms with E-state index in [0.29, 0.717) is 0 Å². The normalized spacial score (nSPS) is 21.2. The summed E-state index contributed by atoms with van der Waals surface area (Å²) >= 11 is 0. The van der Waals surface area contributed by atoms with Crippen LogP contribution >= 0.6 is 0 Å². The number of benzene rings is 1. The molecule has 2 N–H and O–H groups in total. The maximum absolute atomic E-state index is 12.0. The summed E-state index contributed by atoms with van der Waals surface area (Å²) in [7, 11) is 0. The van der Waals surface area contributed by atoms with Gasteiger partial charge < -0.3 is 15.4 Å². The Labute approximate surface area is 97.0 Å². The number of piperazine rings is 1. The zero-order chi connectivity index (χ0) is 12.3. The Morgan fingerprint density at radius 3 is 2.35 bits per heavy atom. The van der Waals surface area contributed by atoms with Gasteiger partial charge >= 0.3 is 6.36 Å². The average molecular weight is 246 g/mol. The lowest BCUT2D eigenvalue weighted by Gasteiger charge is -2.25. The molecule has 1 aromatic carbocycles. The van der Waals surface area contributed by atoms with E-state index in [1.54, 1.807) is 12.1 Å². The van der Waals surface area contributed by atoms with E-state index >= 15 is 0 Å². The van der Waals surface area contributed by atoms with Crippen molar-refractivity contribution >= 4 is 0 Å². The summed E-state index contributed by atoms with van der Waals surface area (Å²) in [4.78, 5) is 0. The summed E-state index contributed by atoms with van der Waals surface area (Å²) in [5.41, 5.74) is 0.951. The highest BCUT2D eigenvalue weighted by Crippen LogP contribution is 2.24. The SMILES string of the molecule is FC(F)(F)Oc1ccc([C@@H]2CNCCN2)cc1. The van der Waals surface area contributed by atoms with Crippen molar-refractivity contribution in [2.24, 2.45) is 0 Å². The van der Waals surface area contributed by atoms with Gasteiger partial charge in [-0.15, -0.1) is 13.2 Å². The third kappa shape index (κ3) is 3.61. The molecule has 0 saturated carbocycles. The van der Waals surface area contributed by atoms with E-state index in [2.05, 4.69) is 15.4 Å². The minimum Gasteiger partial charge on any atom is -0.406 e. The van der Waals surface area contributed by atoms with Crippen molar-refractivity contribution in [3.8, 4) is 5.75 Å². The molecule has 1 fully saturated rings. The number of hydrogen-bond acceptors (Lipinski definition) is 3. The fraction of sp³-hybridized carbons (Fsp3) is 0.455. The molecular formula is C11H13F3N2O. The molecule has 1 atom stereocenters. The molecule has 2 rings (SSSR count). The molecule has 1 heterocycles. The average Bonchev–Trinajstić information content (AvgIpc) is 2.29. The van der Waals surface area contributed by atoms with E-state index < -0.39 is 6.36 Å². The predicted octanol–water partition coefficient (Wildman–Crippen LogP) is 1.82. The molecule has 0 aromatic heterocycles. The van der Waals surface area contributed by atoms with Gasteiger partial charge in [0.25, 0.3) is 0 Å². The van der Waals surface area contributed by atoms with Crippen LogP contribution in [0.15, 0.2) is 24.3 Å². The van der Waals surface area contributed by atoms with Crippen LogP contribution in [0.5, 0.6) is 5.75 Å². The van der Waals surface area contributed by atoms with Gasteiger partial charge in [-0.25, -0.2) is 0 Å². The predicted molar refractivity (Wildman–Crippen MR) is 56.7 cm³/mol. The van der Waals surface area contributed by atoms with E-state index in [1.807, 2.05) is 0 Å². The second-order valence-electron chi connectivity index (χ2n) is 3.83. The summed E-state index contributed by atoms with van der Waals surface area (Å²) < 4.78 is 39.7. The smallest absolute Gasteiger partial charge is 0.406 e. The molecule has 1 saturated heterocycles. The lowest BCUT2D eigenvalue weighted by atomic mass is 10.1. The van der Waals surface area contributed by atoms with Crippen molar-refractivity contribution < 1.29 is 17.9 Å². The molecule has 1 aromatic rings. The molecular weight excluding hydrogens is 233 g/mol. The van der Waals surface area contributed by atoms with Crippen LogP contribution in [0.3, 0.4) is 0 Å². The standard InChI is InChI=1S/C11H13F3N2O/c12-11(13,14)17-9-3-1-8(2-4-9)10-7-15-5-6-16-10/h1-4,10,15-16H,5-7H2/t10-/m0/s1. The van der Waals surface area contributed by atoms with Crippen LogP contribution in [0.4, 0.5) is 13.2 Å². The fourth-order valence-electron chi connectivity index (χ4n) is 1.79. The largest absolute Gasteiger partial charge is 0.573 e. The van der Waals surface area contributed by atoms with Gasteiger partial charge in [-0.05, 0) is 17.7 Å². The van der Waals surface area contributed by atoms with E-state index in [0.717, 1.165) is 25.2 Å². The molecule has 3 nitrogen and oxygen atoms in total. The first-order valence-corrected chi connectivity index (χ1v) is 5.34. The van der Waals surface area contributed by atoms with Gasteiger partial charge in [-0.1, -0.05) is 12.1 Å². The van der Waals surface area contributed by atoms with E-state index in [-0.39, 0.29) is 11.8 Å². The molecule has 0 amide bonds. The second-order valence-corrected chi connectivity index (χ2v) is 3.83. The quantitative estimate of drug-likeness (QED) is 0.835. The molecule has 94 valence electrons. The van der Waals surface area contributed by atoms with E-state index in [9.17, 15) is 13.2 Å². The third-order valence-corrected chi connectivity index (χ3v) is 2.56.